The van der Waals surface area contributed by atoms with Crippen molar-refractivity contribution in [2.45, 2.75) is 18.7 Å². The average Bonchev–Trinajstić information content (AvgIpc) is 2.81. The van der Waals surface area contributed by atoms with Crippen LogP contribution in [0.15, 0.2) is 53.4 Å². The zero-order valence-electron chi connectivity index (χ0n) is 18.6. The van der Waals surface area contributed by atoms with E-state index in [-0.39, 0.29) is 10.8 Å². The van der Waals surface area contributed by atoms with Crippen LogP contribution in [0.3, 0.4) is 0 Å². The van der Waals surface area contributed by atoms with Gasteiger partial charge in [0.2, 0.25) is 10.0 Å². The molecule has 174 valence electrons. The summed E-state index contributed by atoms with van der Waals surface area (Å²) in [6.07, 6.45) is 0. The monoisotopic (exact) mass is 478 g/mol. The van der Waals surface area contributed by atoms with Crippen molar-refractivity contribution < 1.29 is 13.2 Å². The van der Waals surface area contributed by atoms with Gasteiger partial charge in [0.05, 0.1) is 4.90 Å². The Labute approximate surface area is 196 Å². The number of hydrogen-bond acceptors (Lipinski definition) is 5. The first-order valence-electron chi connectivity index (χ1n) is 11.0. The summed E-state index contributed by atoms with van der Waals surface area (Å²) in [4.78, 5) is 17.3. The number of hydrogen-bond donors (Lipinski definition) is 1. The maximum absolute atomic E-state index is 12.6. The first kappa shape index (κ1) is 24.5. The number of sulfonamides is 1. The van der Waals surface area contributed by atoms with Crippen LogP contribution in [0.4, 0.5) is 5.69 Å². The summed E-state index contributed by atoms with van der Waals surface area (Å²) in [5.41, 5.74) is 1.63. The molecule has 1 fully saturated rings. The van der Waals surface area contributed by atoms with Crippen molar-refractivity contribution in [3.05, 3.63) is 59.1 Å². The number of piperazine rings is 1. The molecule has 7 nitrogen and oxygen atoms in total. The van der Waals surface area contributed by atoms with Crippen LogP contribution in [-0.4, -0.2) is 75.9 Å². The third-order valence-corrected chi connectivity index (χ3v) is 8.05. The summed E-state index contributed by atoms with van der Waals surface area (Å²) < 4.78 is 26.5. The molecule has 0 saturated carbocycles. The van der Waals surface area contributed by atoms with Crippen LogP contribution in [0, 0.1) is 0 Å². The molecule has 2 aromatic rings. The Morgan fingerprint density at radius 2 is 1.56 bits per heavy atom. The Kier molecular flexibility index (Phi) is 8.53. The van der Waals surface area contributed by atoms with Crippen molar-refractivity contribution in [2.75, 3.05) is 57.3 Å². The summed E-state index contributed by atoms with van der Waals surface area (Å²) in [6, 6.07) is 14.0. The summed E-state index contributed by atoms with van der Waals surface area (Å²) in [7, 11) is -3.52. The molecule has 1 saturated heterocycles. The molecule has 0 bridgehead atoms. The van der Waals surface area contributed by atoms with E-state index in [9.17, 15) is 13.2 Å². The first-order chi connectivity index (χ1) is 15.3. The summed E-state index contributed by atoms with van der Waals surface area (Å²) in [5, 5.41) is 3.67. The predicted molar refractivity (Wildman–Crippen MR) is 129 cm³/mol. The van der Waals surface area contributed by atoms with Gasteiger partial charge < -0.3 is 10.2 Å². The van der Waals surface area contributed by atoms with Gasteiger partial charge in [0.1, 0.15) is 0 Å². The minimum Gasteiger partial charge on any atom is -0.369 e. The number of nitrogens with zero attached hydrogens (tertiary/aromatic N) is 3. The van der Waals surface area contributed by atoms with Gasteiger partial charge in [0.15, 0.2) is 0 Å². The Morgan fingerprint density at radius 3 is 2.12 bits per heavy atom. The lowest BCUT2D eigenvalue weighted by Gasteiger charge is -2.36. The molecule has 3 rings (SSSR count). The molecule has 0 aromatic heterocycles. The molecular formula is C23H31ClN4O3S. The fourth-order valence-electron chi connectivity index (χ4n) is 3.80. The molecule has 2 aromatic carbocycles. The highest BCUT2D eigenvalue weighted by Gasteiger charge is 2.22. The van der Waals surface area contributed by atoms with Crippen molar-refractivity contribution >= 4 is 33.2 Å². The lowest BCUT2D eigenvalue weighted by molar-refractivity contribution is 0.0947. The van der Waals surface area contributed by atoms with Gasteiger partial charge in [-0.3, -0.25) is 9.69 Å². The number of rotatable bonds is 9. The average molecular weight is 479 g/mol. The van der Waals surface area contributed by atoms with E-state index in [0.29, 0.717) is 25.2 Å². The molecule has 1 aliphatic rings. The maximum atomic E-state index is 12.6. The van der Waals surface area contributed by atoms with Crippen LogP contribution < -0.4 is 10.2 Å². The molecule has 0 unspecified atom stereocenters. The molecule has 1 N–H and O–H groups in total. The number of carbonyl (C=O) groups excluding carboxylic acids is 1. The van der Waals surface area contributed by atoms with Crippen LogP contribution in [0.25, 0.3) is 0 Å². The smallest absolute Gasteiger partial charge is 0.251 e. The molecule has 1 heterocycles. The molecule has 32 heavy (non-hydrogen) atoms. The van der Waals surface area contributed by atoms with E-state index in [1.165, 1.54) is 22.1 Å². The molecule has 0 aliphatic carbocycles. The van der Waals surface area contributed by atoms with Crippen molar-refractivity contribution in [1.29, 1.82) is 0 Å². The van der Waals surface area contributed by atoms with Crippen LogP contribution >= 0.6 is 11.6 Å². The Bertz CT molecular complexity index is 985. The molecule has 0 spiro atoms. The van der Waals surface area contributed by atoms with Crippen molar-refractivity contribution in [3.63, 3.8) is 0 Å². The Balaban J connectivity index is 1.45. The van der Waals surface area contributed by atoms with Gasteiger partial charge in [0, 0.05) is 68.6 Å². The largest absolute Gasteiger partial charge is 0.369 e. The van der Waals surface area contributed by atoms with Crippen LogP contribution in [-0.2, 0) is 10.0 Å². The third-order valence-electron chi connectivity index (χ3n) is 5.74. The second kappa shape index (κ2) is 11.1. The Hall–Kier alpha value is -2.13. The summed E-state index contributed by atoms with van der Waals surface area (Å²) >= 11 is 5.96. The van der Waals surface area contributed by atoms with E-state index >= 15 is 0 Å². The van der Waals surface area contributed by atoms with Gasteiger partial charge in [-0.05, 0) is 48.5 Å². The van der Waals surface area contributed by atoms with E-state index in [4.69, 9.17) is 11.6 Å². The Morgan fingerprint density at radius 1 is 0.969 bits per heavy atom. The van der Waals surface area contributed by atoms with Gasteiger partial charge in [-0.1, -0.05) is 25.4 Å². The highest BCUT2D eigenvalue weighted by Crippen LogP contribution is 2.19. The zero-order valence-corrected chi connectivity index (χ0v) is 20.2. The number of halogens is 1. The van der Waals surface area contributed by atoms with Crippen LogP contribution in [0.5, 0.6) is 0 Å². The van der Waals surface area contributed by atoms with Gasteiger partial charge in [-0.25, -0.2) is 8.42 Å². The lowest BCUT2D eigenvalue weighted by atomic mass is 10.2. The number of benzene rings is 2. The second-order valence-corrected chi connectivity index (χ2v) is 10.0. The van der Waals surface area contributed by atoms with E-state index in [1.807, 2.05) is 24.3 Å². The molecule has 1 amide bonds. The van der Waals surface area contributed by atoms with Crippen LogP contribution in [0.1, 0.15) is 24.2 Å². The van der Waals surface area contributed by atoms with Crippen molar-refractivity contribution in [3.8, 4) is 0 Å². The predicted octanol–water partition coefficient (Wildman–Crippen LogP) is 2.92. The molecule has 1 aliphatic heterocycles. The zero-order chi connectivity index (χ0) is 23.1. The highest BCUT2D eigenvalue weighted by atomic mass is 35.5. The van der Waals surface area contributed by atoms with Gasteiger partial charge in [-0.2, -0.15) is 4.31 Å². The standard InChI is InChI=1S/C23H31ClN4O3S/c1-3-28(4-2)32(30,31)22-11-5-19(6-12-22)23(29)25-13-14-26-15-17-27(18-16-26)21-9-7-20(24)8-10-21/h5-12H,3-4,13-18H2,1-2H3,(H,25,29). The molecule has 0 atom stereocenters. The first-order valence-corrected chi connectivity index (χ1v) is 12.8. The minimum absolute atomic E-state index is 0.198. The quantitative estimate of drug-likeness (QED) is 0.600. The SMILES string of the molecule is CCN(CC)S(=O)(=O)c1ccc(C(=O)NCCN2CCN(c3ccc(Cl)cc3)CC2)cc1. The van der Waals surface area contributed by atoms with E-state index in [2.05, 4.69) is 15.1 Å². The second-order valence-electron chi connectivity index (χ2n) is 7.67. The number of nitrogens with one attached hydrogen (secondary N) is 1. The molecule has 9 heteroatoms. The summed E-state index contributed by atoms with van der Waals surface area (Å²) in [5.74, 6) is -0.198. The minimum atomic E-state index is -3.52. The van der Waals surface area contributed by atoms with Gasteiger partial charge >= 0.3 is 0 Å². The van der Waals surface area contributed by atoms with Gasteiger partial charge in [-0.15, -0.1) is 0 Å². The van der Waals surface area contributed by atoms with E-state index in [1.54, 1.807) is 26.0 Å². The van der Waals surface area contributed by atoms with Gasteiger partial charge in [0.25, 0.3) is 5.91 Å². The summed E-state index contributed by atoms with van der Waals surface area (Å²) in [6.45, 7) is 9.46. The lowest BCUT2D eigenvalue weighted by Crippen LogP contribution is -2.48. The topological polar surface area (TPSA) is 73.0 Å². The van der Waals surface area contributed by atoms with E-state index in [0.717, 1.165) is 37.7 Å². The molecular weight excluding hydrogens is 448 g/mol. The van der Waals surface area contributed by atoms with Crippen LogP contribution in [0.2, 0.25) is 5.02 Å². The van der Waals surface area contributed by atoms with Crippen molar-refractivity contribution in [1.82, 2.24) is 14.5 Å². The number of anilines is 1. The normalized spacial score (nSPS) is 15.2. The third kappa shape index (κ3) is 6.01. The highest BCUT2D eigenvalue weighted by molar-refractivity contribution is 7.89. The number of amides is 1. The van der Waals surface area contributed by atoms with E-state index < -0.39 is 10.0 Å². The fourth-order valence-corrected chi connectivity index (χ4v) is 5.39. The van der Waals surface area contributed by atoms with Crippen molar-refractivity contribution in [2.24, 2.45) is 0 Å². The number of carbonyl (C=O) groups is 1. The fraction of sp³-hybridized carbons (Fsp3) is 0.435. The maximum Gasteiger partial charge on any atom is 0.251 e. The molecule has 0 radical (unpaired) electrons.